The number of rotatable bonds is 3. The summed E-state index contributed by atoms with van der Waals surface area (Å²) in [4.78, 5) is 4.68. The molecule has 4 heteroatoms. The van der Waals surface area contributed by atoms with Crippen molar-refractivity contribution in [2.75, 3.05) is 5.73 Å². The van der Waals surface area contributed by atoms with E-state index in [0.717, 1.165) is 22.4 Å². The van der Waals surface area contributed by atoms with E-state index in [2.05, 4.69) is 16.1 Å². The zero-order chi connectivity index (χ0) is 14.1. The van der Waals surface area contributed by atoms with Crippen molar-refractivity contribution in [3.63, 3.8) is 0 Å². The molecule has 3 aromatic rings. The van der Waals surface area contributed by atoms with E-state index in [1.54, 1.807) is 0 Å². The van der Waals surface area contributed by atoms with Gasteiger partial charge in [-0.2, -0.15) is 0 Å². The molecule has 0 unspecified atom stereocenters. The first-order chi connectivity index (χ1) is 9.69. The van der Waals surface area contributed by atoms with Gasteiger partial charge in [0.05, 0.1) is 11.0 Å². The van der Waals surface area contributed by atoms with Gasteiger partial charge in [0.2, 0.25) is 0 Å². The molecular weight excluding hydrogens is 270 g/mol. The van der Waals surface area contributed by atoms with Gasteiger partial charge < -0.3 is 10.3 Å². The number of hydrogen-bond donors (Lipinski definition) is 1. The molecule has 0 fully saturated rings. The molecule has 2 N–H and O–H groups in total. The third-order valence-corrected chi connectivity index (χ3v) is 3.40. The molecule has 0 atom stereocenters. The summed E-state index contributed by atoms with van der Waals surface area (Å²) in [6.07, 6.45) is 1.85. The summed E-state index contributed by atoms with van der Waals surface area (Å²) in [5.41, 5.74) is 9.43. The van der Waals surface area contributed by atoms with Gasteiger partial charge in [0.15, 0.2) is 0 Å². The molecule has 0 aliphatic heterocycles. The lowest BCUT2D eigenvalue weighted by molar-refractivity contribution is 0.862. The van der Waals surface area contributed by atoms with Crippen molar-refractivity contribution in [1.82, 2.24) is 9.55 Å². The second-order valence-electron chi connectivity index (χ2n) is 4.59. The maximum absolute atomic E-state index is 6.07. The number of imidazole rings is 1. The quantitative estimate of drug-likeness (QED) is 0.580. The van der Waals surface area contributed by atoms with E-state index >= 15 is 0 Å². The highest BCUT2D eigenvalue weighted by atomic mass is 35.5. The van der Waals surface area contributed by atoms with Crippen molar-refractivity contribution < 1.29 is 0 Å². The summed E-state index contributed by atoms with van der Waals surface area (Å²) in [6.45, 7) is 4.50. The van der Waals surface area contributed by atoms with Crippen LogP contribution in [-0.4, -0.2) is 9.55 Å². The van der Waals surface area contributed by atoms with Crippen molar-refractivity contribution in [1.29, 1.82) is 0 Å². The molecule has 0 spiro atoms. The average Bonchev–Trinajstić information content (AvgIpc) is 2.77. The molecule has 100 valence electrons. The highest BCUT2D eigenvalue weighted by Crippen LogP contribution is 2.27. The van der Waals surface area contributed by atoms with E-state index in [1.807, 2.05) is 48.5 Å². The zero-order valence-corrected chi connectivity index (χ0v) is 11.6. The van der Waals surface area contributed by atoms with Crippen LogP contribution in [0.15, 0.2) is 55.1 Å². The molecule has 0 bridgehead atoms. The van der Waals surface area contributed by atoms with E-state index in [-0.39, 0.29) is 0 Å². The van der Waals surface area contributed by atoms with Gasteiger partial charge in [0, 0.05) is 22.8 Å². The van der Waals surface area contributed by atoms with Crippen LogP contribution in [0.1, 0.15) is 0 Å². The molecule has 0 amide bonds. The van der Waals surface area contributed by atoms with E-state index in [4.69, 9.17) is 17.3 Å². The van der Waals surface area contributed by atoms with Crippen LogP contribution in [-0.2, 0) is 6.54 Å². The van der Waals surface area contributed by atoms with Crippen molar-refractivity contribution in [2.24, 2.45) is 0 Å². The molecule has 20 heavy (non-hydrogen) atoms. The van der Waals surface area contributed by atoms with Crippen LogP contribution < -0.4 is 5.73 Å². The number of hydrogen-bond acceptors (Lipinski definition) is 2. The fraction of sp³-hybridized carbons (Fsp3) is 0.0625. The van der Waals surface area contributed by atoms with Crippen LogP contribution in [0.4, 0.5) is 5.69 Å². The van der Waals surface area contributed by atoms with Crippen LogP contribution in [0.5, 0.6) is 0 Å². The summed E-state index contributed by atoms with van der Waals surface area (Å²) in [7, 11) is 0. The number of aromatic nitrogens is 2. The Kier molecular flexibility index (Phi) is 3.20. The Labute approximate surface area is 122 Å². The van der Waals surface area contributed by atoms with Crippen molar-refractivity contribution in [3.8, 4) is 11.4 Å². The summed E-state index contributed by atoms with van der Waals surface area (Å²) in [5, 5.41) is 0.694. The molecule has 0 radical (unpaired) electrons. The number of fused-ring (bicyclic) bond motifs is 1. The standard InChI is InChI=1S/C16H14ClN3/c1-2-8-20-15-7-6-13(18)10-14(15)19-16(20)11-4-3-5-12(17)9-11/h2-7,9-10H,1,8,18H2. The van der Waals surface area contributed by atoms with Crippen LogP contribution in [0.25, 0.3) is 22.4 Å². The Hall–Kier alpha value is -2.26. The largest absolute Gasteiger partial charge is 0.399 e. The van der Waals surface area contributed by atoms with Gasteiger partial charge in [0.1, 0.15) is 5.82 Å². The van der Waals surface area contributed by atoms with E-state index in [1.165, 1.54) is 0 Å². The summed E-state index contributed by atoms with van der Waals surface area (Å²) in [6, 6.07) is 13.4. The van der Waals surface area contributed by atoms with Crippen LogP contribution in [0, 0.1) is 0 Å². The van der Waals surface area contributed by atoms with Crippen molar-refractivity contribution in [2.45, 2.75) is 6.54 Å². The zero-order valence-electron chi connectivity index (χ0n) is 10.9. The molecule has 1 aromatic heterocycles. The lowest BCUT2D eigenvalue weighted by Crippen LogP contribution is -1.98. The van der Waals surface area contributed by atoms with Gasteiger partial charge >= 0.3 is 0 Å². The number of nitrogen functional groups attached to an aromatic ring is 1. The van der Waals surface area contributed by atoms with Gasteiger partial charge in [-0.25, -0.2) is 4.98 Å². The van der Waals surface area contributed by atoms with Crippen molar-refractivity contribution >= 4 is 28.3 Å². The Morgan fingerprint density at radius 3 is 2.85 bits per heavy atom. The van der Waals surface area contributed by atoms with E-state index in [0.29, 0.717) is 17.3 Å². The van der Waals surface area contributed by atoms with Gasteiger partial charge in [-0.3, -0.25) is 0 Å². The van der Waals surface area contributed by atoms with Crippen molar-refractivity contribution in [3.05, 3.63) is 60.1 Å². The number of anilines is 1. The lowest BCUT2D eigenvalue weighted by atomic mass is 10.2. The maximum Gasteiger partial charge on any atom is 0.141 e. The second-order valence-corrected chi connectivity index (χ2v) is 5.03. The van der Waals surface area contributed by atoms with Gasteiger partial charge in [-0.1, -0.05) is 29.8 Å². The fourth-order valence-corrected chi connectivity index (χ4v) is 2.50. The SMILES string of the molecule is C=CCn1c(-c2cccc(Cl)c2)nc2cc(N)ccc21. The molecule has 0 saturated heterocycles. The average molecular weight is 284 g/mol. The summed E-state index contributed by atoms with van der Waals surface area (Å²) in [5.74, 6) is 0.869. The molecular formula is C16H14ClN3. The first-order valence-corrected chi connectivity index (χ1v) is 6.69. The van der Waals surface area contributed by atoms with Crippen LogP contribution in [0.2, 0.25) is 5.02 Å². The Balaban J connectivity index is 2.28. The monoisotopic (exact) mass is 283 g/mol. The Morgan fingerprint density at radius 1 is 1.25 bits per heavy atom. The molecule has 3 rings (SSSR count). The summed E-state index contributed by atoms with van der Waals surface area (Å²) >= 11 is 6.07. The molecule has 0 aliphatic rings. The fourth-order valence-electron chi connectivity index (χ4n) is 2.31. The molecule has 0 aliphatic carbocycles. The maximum atomic E-state index is 6.07. The molecule has 2 aromatic carbocycles. The van der Waals surface area contributed by atoms with E-state index in [9.17, 15) is 0 Å². The smallest absolute Gasteiger partial charge is 0.141 e. The number of nitrogens with two attached hydrogens (primary N) is 1. The third kappa shape index (κ3) is 2.17. The predicted molar refractivity (Wildman–Crippen MR) is 84.8 cm³/mol. The van der Waals surface area contributed by atoms with Gasteiger partial charge in [-0.05, 0) is 30.3 Å². The first kappa shape index (κ1) is 12.8. The number of halogens is 1. The van der Waals surface area contributed by atoms with Crippen LogP contribution >= 0.6 is 11.6 Å². The highest BCUT2D eigenvalue weighted by Gasteiger charge is 2.12. The number of benzene rings is 2. The normalized spacial score (nSPS) is 10.8. The Morgan fingerprint density at radius 2 is 2.10 bits per heavy atom. The topological polar surface area (TPSA) is 43.8 Å². The van der Waals surface area contributed by atoms with Gasteiger partial charge in [-0.15, -0.1) is 6.58 Å². The second kappa shape index (κ2) is 5.02. The molecule has 1 heterocycles. The number of nitrogens with zero attached hydrogens (tertiary/aromatic N) is 2. The number of allylic oxidation sites excluding steroid dienone is 1. The summed E-state index contributed by atoms with van der Waals surface area (Å²) < 4.78 is 2.10. The molecule has 0 saturated carbocycles. The minimum absolute atomic E-state index is 0.683. The minimum atomic E-state index is 0.683. The third-order valence-electron chi connectivity index (χ3n) is 3.17. The lowest BCUT2D eigenvalue weighted by Gasteiger charge is -2.06. The van der Waals surface area contributed by atoms with Crippen LogP contribution in [0.3, 0.4) is 0 Å². The first-order valence-electron chi connectivity index (χ1n) is 6.31. The highest BCUT2D eigenvalue weighted by molar-refractivity contribution is 6.30. The van der Waals surface area contributed by atoms with Gasteiger partial charge in [0.25, 0.3) is 0 Å². The molecule has 3 nitrogen and oxygen atoms in total. The minimum Gasteiger partial charge on any atom is -0.399 e. The van der Waals surface area contributed by atoms with E-state index < -0.39 is 0 Å². The predicted octanol–water partition coefficient (Wildman–Crippen LogP) is 4.12. The Bertz CT molecular complexity index is 790.